The van der Waals surface area contributed by atoms with Crippen molar-refractivity contribution in [3.63, 3.8) is 0 Å². The third-order valence-electron chi connectivity index (χ3n) is 3.59. The van der Waals surface area contributed by atoms with E-state index in [-0.39, 0.29) is 12.5 Å². The first-order valence-corrected chi connectivity index (χ1v) is 7.61. The Morgan fingerprint density at radius 3 is 2.36 bits per heavy atom. The largest absolute Gasteiger partial charge is 0.455 e. The molecule has 4 nitrogen and oxygen atoms in total. The zero-order chi connectivity index (χ0) is 19.1. The molecule has 1 N–H and O–H groups in total. The Balaban J connectivity index is 2.27. The topological polar surface area (TPSA) is 41.6 Å². The summed E-state index contributed by atoms with van der Waals surface area (Å²) in [5.41, 5.74) is 0.960. The van der Waals surface area contributed by atoms with Gasteiger partial charge in [-0.05, 0) is 19.1 Å². The second-order valence-corrected chi connectivity index (χ2v) is 5.60. The van der Waals surface area contributed by atoms with Crippen LogP contribution in [-0.2, 0) is 9.53 Å². The summed E-state index contributed by atoms with van der Waals surface area (Å²) >= 11 is 0. The third-order valence-corrected chi connectivity index (χ3v) is 3.59. The molecule has 0 fully saturated rings. The van der Waals surface area contributed by atoms with Crippen molar-refractivity contribution in [3.8, 4) is 0 Å². The minimum Gasteiger partial charge on any atom is -0.374 e. The molecule has 0 aliphatic heterocycles. The maximum Gasteiger partial charge on any atom is 0.455 e. The fourth-order valence-corrected chi connectivity index (χ4v) is 1.85. The number of carbonyl (C=O) groups is 1. The van der Waals surface area contributed by atoms with Gasteiger partial charge in [0.05, 0.1) is 6.61 Å². The first-order valence-electron chi connectivity index (χ1n) is 7.61. The molecule has 25 heavy (non-hydrogen) atoms. The highest BCUT2D eigenvalue weighted by atomic mass is 19.4. The van der Waals surface area contributed by atoms with Gasteiger partial charge in [-0.2, -0.15) is 22.0 Å². The van der Waals surface area contributed by atoms with Crippen LogP contribution in [0.5, 0.6) is 0 Å². The van der Waals surface area contributed by atoms with Gasteiger partial charge >= 0.3 is 12.1 Å². The van der Waals surface area contributed by atoms with Crippen LogP contribution in [0.4, 0.5) is 27.6 Å². The molecule has 0 saturated heterocycles. The normalized spacial score (nSPS) is 13.4. The average Bonchev–Trinajstić information content (AvgIpc) is 2.55. The number of halogens is 5. The Kier molecular flexibility index (Phi) is 7.60. The molecule has 0 unspecified atom stereocenters. The zero-order valence-corrected chi connectivity index (χ0v) is 13.9. The molecule has 1 rings (SSSR count). The molecule has 1 amide bonds. The van der Waals surface area contributed by atoms with Crippen LogP contribution in [0.25, 0.3) is 0 Å². The van der Waals surface area contributed by atoms with Gasteiger partial charge in [0.1, 0.15) is 6.61 Å². The number of hydrogen-bond donors (Lipinski definition) is 1. The first kappa shape index (κ1) is 21.1. The summed E-state index contributed by atoms with van der Waals surface area (Å²) in [5.74, 6) is -5.40. The highest BCUT2D eigenvalue weighted by molar-refractivity contribution is 5.76. The molecule has 0 aliphatic carbocycles. The number of hydrogen-bond acceptors (Lipinski definition) is 3. The van der Waals surface area contributed by atoms with Crippen LogP contribution in [0.15, 0.2) is 30.3 Å². The number of ether oxygens (including phenoxy) is 1. The monoisotopic (exact) mass is 368 g/mol. The summed E-state index contributed by atoms with van der Waals surface area (Å²) in [6, 6.07) is 9.42. The standard InChI is InChI=1S/C16H21F5N2O2/c1-12(23(2)13-6-4-3-5-7-13)10-22-14(24)8-9-25-11-15(17,18)16(19,20)21/h3-7,12H,8-11H2,1-2H3,(H,22,24)/t12-/m0/s1. The zero-order valence-electron chi connectivity index (χ0n) is 13.9. The second-order valence-electron chi connectivity index (χ2n) is 5.60. The van der Waals surface area contributed by atoms with Gasteiger partial charge in [-0.1, -0.05) is 18.2 Å². The maximum absolute atomic E-state index is 12.6. The Labute approximate surface area is 142 Å². The fraction of sp³-hybridized carbons (Fsp3) is 0.562. The third kappa shape index (κ3) is 6.85. The number of benzene rings is 1. The number of likely N-dealkylation sites (N-methyl/N-ethyl adjacent to an activating group) is 1. The molecule has 0 heterocycles. The molecule has 0 spiro atoms. The lowest BCUT2D eigenvalue weighted by Crippen LogP contribution is -2.41. The van der Waals surface area contributed by atoms with E-state index in [2.05, 4.69) is 10.1 Å². The summed E-state index contributed by atoms with van der Waals surface area (Å²) in [7, 11) is 1.86. The maximum atomic E-state index is 12.6. The van der Waals surface area contributed by atoms with Crippen LogP contribution in [0, 0.1) is 0 Å². The van der Waals surface area contributed by atoms with Crippen molar-refractivity contribution in [2.75, 3.05) is 31.7 Å². The van der Waals surface area contributed by atoms with Crippen molar-refractivity contribution in [1.29, 1.82) is 0 Å². The van der Waals surface area contributed by atoms with Crippen molar-refractivity contribution < 1.29 is 31.5 Å². The number of alkyl halides is 5. The molecule has 1 aromatic carbocycles. The van der Waals surface area contributed by atoms with E-state index in [0.717, 1.165) is 5.69 Å². The summed E-state index contributed by atoms with van der Waals surface area (Å²) < 4.78 is 65.3. The van der Waals surface area contributed by atoms with E-state index in [1.165, 1.54) is 0 Å². The Hall–Kier alpha value is -1.90. The van der Waals surface area contributed by atoms with Gasteiger partial charge in [0.15, 0.2) is 0 Å². The number of para-hydroxylation sites is 1. The molecule has 0 aromatic heterocycles. The number of nitrogens with zero attached hydrogens (tertiary/aromatic N) is 1. The van der Waals surface area contributed by atoms with Crippen LogP contribution < -0.4 is 10.2 Å². The van der Waals surface area contributed by atoms with Gasteiger partial charge in [-0.25, -0.2) is 0 Å². The van der Waals surface area contributed by atoms with Crippen LogP contribution >= 0.6 is 0 Å². The van der Waals surface area contributed by atoms with E-state index in [1.54, 1.807) is 0 Å². The Morgan fingerprint density at radius 2 is 1.80 bits per heavy atom. The Morgan fingerprint density at radius 1 is 1.20 bits per heavy atom. The number of nitrogens with one attached hydrogen (secondary N) is 1. The average molecular weight is 368 g/mol. The number of rotatable bonds is 9. The lowest BCUT2D eigenvalue weighted by Gasteiger charge is -2.27. The van der Waals surface area contributed by atoms with Crippen molar-refractivity contribution >= 4 is 11.6 Å². The van der Waals surface area contributed by atoms with E-state index in [1.807, 2.05) is 49.2 Å². The Bertz CT molecular complexity index is 537. The number of anilines is 1. The van der Waals surface area contributed by atoms with Crippen molar-refractivity contribution in [3.05, 3.63) is 30.3 Å². The van der Waals surface area contributed by atoms with Crippen molar-refractivity contribution in [1.82, 2.24) is 5.32 Å². The van der Waals surface area contributed by atoms with Crippen LogP contribution in [0.3, 0.4) is 0 Å². The molecule has 0 radical (unpaired) electrons. The van der Waals surface area contributed by atoms with Gasteiger partial charge in [0, 0.05) is 31.7 Å². The molecular weight excluding hydrogens is 347 g/mol. The molecule has 0 saturated carbocycles. The summed E-state index contributed by atoms with van der Waals surface area (Å²) in [5, 5.41) is 2.59. The van der Waals surface area contributed by atoms with E-state index >= 15 is 0 Å². The smallest absolute Gasteiger partial charge is 0.374 e. The minimum atomic E-state index is -5.66. The van der Waals surface area contributed by atoms with E-state index in [0.29, 0.717) is 6.54 Å². The molecule has 1 atom stereocenters. The molecule has 142 valence electrons. The van der Waals surface area contributed by atoms with Crippen LogP contribution in [0.1, 0.15) is 13.3 Å². The molecule has 1 aromatic rings. The van der Waals surface area contributed by atoms with E-state index in [9.17, 15) is 26.7 Å². The van der Waals surface area contributed by atoms with Crippen LogP contribution in [-0.4, -0.2) is 50.9 Å². The summed E-state index contributed by atoms with van der Waals surface area (Å²) in [4.78, 5) is 13.6. The number of amides is 1. The SMILES string of the molecule is C[C@@H](CNC(=O)CCOCC(F)(F)C(F)(F)F)N(C)c1ccccc1. The predicted molar refractivity (Wildman–Crippen MR) is 83.8 cm³/mol. The summed E-state index contributed by atoms with van der Waals surface area (Å²) in [6.07, 6.45) is -5.96. The van der Waals surface area contributed by atoms with Crippen molar-refractivity contribution in [2.24, 2.45) is 0 Å². The highest BCUT2D eigenvalue weighted by Gasteiger charge is 2.57. The molecule has 9 heteroatoms. The quantitative estimate of drug-likeness (QED) is 0.538. The molecular formula is C16H21F5N2O2. The van der Waals surface area contributed by atoms with E-state index < -0.39 is 31.2 Å². The number of carbonyl (C=O) groups excluding carboxylic acids is 1. The molecule has 0 bridgehead atoms. The van der Waals surface area contributed by atoms with Gasteiger partial charge in [-0.15, -0.1) is 0 Å². The van der Waals surface area contributed by atoms with Crippen LogP contribution in [0.2, 0.25) is 0 Å². The lowest BCUT2D eigenvalue weighted by molar-refractivity contribution is -0.296. The lowest BCUT2D eigenvalue weighted by atomic mass is 10.2. The highest BCUT2D eigenvalue weighted by Crippen LogP contribution is 2.35. The second kappa shape index (κ2) is 8.98. The van der Waals surface area contributed by atoms with Crippen molar-refractivity contribution in [2.45, 2.75) is 31.5 Å². The van der Waals surface area contributed by atoms with Gasteiger partial charge < -0.3 is 15.0 Å². The van der Waals surface area contributed by atoms with Gasteiger partial charge in [-0.3, -0.25) is 4.79 Å². The predicted octanol–water partition coefficient (Wildman–Crippen LogP) is 3.23. The molecule has 0 aliphatic rings. The minimum absolute atomic E-state index is 0.0400. The first-order chi connectivity index (χ1) is 11.5. The van der Waals surface area contributed by atoms with E-state index in [4.69, 9.17) is 0 Å². The van der Waals surface area contributed by atoms with Gasteiger partial charge in [0.25, 0.3) is 0 Å². The van der Waals surface area contributed by atoms with Gasteiger partial charge in [0.2, 0.25) is 5.91 Å². The summed E-state index contributed by atoms with van der Waals surface area (Å²) in [6.45, 7) is -0.131. The fourth-order valence-electron chi connectivity index (χ4n) is 1.85.